The molecule has 0 saturated heterocycles. The number of nitrogens with one attached hydrogen (secondary N) is 1. The Hall–Kier alpha value is -2.49. The van der Waals surface area contributed by atoms with Crippen molar-refractivity contribution >= 4 is 5.91 Å². The van der Waals surface area contributed by atoms with Crippen LogP contribution in [0.15, 0.2) is 48.5 Å². The third-order valence-electron chi connectivity index (χ3n) is 3.29. The van der Waals surface area contributed by atoms with E-state index in [0.717, 1.165) is 17.1 Å². The van der Waals surface area contributed by atoms with Crippen molar-refractivity contribution < 1.29 is 14.3 Å². The molecule has 4 heteroatoms. The maximum absolute atomic E-state index is 12.2. The molecular weight excluding hydrogens is 266 g/mol. The summed E-state index contributed by atoms with van der Waals surface area (Å²) in [6.45, 7) is 1.94. The van der Waals surface area contributed by atoms with Gasteiger partial charge in [-0.1, -0.05) is 12.1 Å². The summed E-state index contributed by atoms with van der Waals surface area (Å²) in [5, 5.41) is 2.97. The molecule has 2 rings (SSSR count). The van der Waals surface area contributed by atoms with Gasteiger partial charge in [0.2, 0.25) is 0 Å². The Labute approximate surface area is 124 Å². The second-order valence-corrected chi connectivity index (χ2v) is 4.70. The highest BCUT2D eigenvalue weighted by Gasteiger charge is 2.12. The van der Waals surface area contributed by atoms with Gasteiger partial charge < -0.3 is 14.8 Å². The summed E-state index contributed by atoms with van der Waals surface area (Å²) >= 11 is 0. The van der Waals surface area contributed by atoms with Gasteiger partial charge in [-0.2, -0.15) is 0 Å². The van der Waals surface area contributed by atoms with Crippen LogP contribution in [-0.4, -0.2) is 20.1 Å². The molecule has 0 radical (unpaired) electrons. The van der Waals surface area contributed by atoms with Crippen molar-refractivity contribution in [2.45, 2.75) is 13.0 Å². The van der Waals surface area contributed by atoms with Gasteiger partial charge in [0.25, 0.3) is 5.91 Å². The molecule has 0 aromatic heterocycles. The van der Waals surface area contributed by atoms with E-state index in [0.29, 0.717) is 5.56 Å². The molecule has 0 aliphatic rings. The van der Waals surface area contributed by atoms with E-state index in [1.165, 1.54) is 0 Å². The molecule has 2 aromatic carbocycles. The summed E-state index contributed by atoms with van der Waals surface area (Å²) in [5.74, 6) is 1.39. The largest absolute Gasteiger partial charge is 0.497 e. The van der Waals surface area contributed by atoms with E-state index in [9.17, 15) is 4.79 Å². The first kappa shape index (κ1) is 14.9. The van der Waals surface area contributed by atoms with E-state index in [1.54, 1.807) is 38.5 Å². The maximum atomic E-state index is 12.2. The van der Waals surface area contributed by atoms with E-state index < -0.39 is 0 Å². The molecule has 0 fully saturated rings. The summed E-state index contributed by atoms with van der Waals surface area (Å²) in [5.41, 5.74) is 1.60. The van der Waals surface area contributed by atoms with Crippen molar-refractivity contribution in [3.8, 4) is 11.5 Å². The monoisotopic (exact) mass is 285 g/mol. The Morgan fingerprint density at radius 3 is 2.29 bits per heavy atom. The van der Waals surface area contributed by atoms with Crippen molar-refractivity contribution in [1.82, 2.24) is 5.32 Å². The molecule has 110 valence electrons. The van der Waals surface area contributed by atoms with Crippen molar-refractivity contribution in [3.63, 3.8) is 0 Å². The minimum absolute atomic E-state index is 0.102. The molecule has 0 aliphatic heterocycles. The third-order valence-corrected chi connectivity index (χ3v) is 3.29. The maximum Gasteiger partial charge on any atom is 0.251 e. The second kappa shape index (κ2) is 6.79. The molecule has 0 unspecified atom stereocenters. The van der Waals surface area contributed by atoms with Gasteiger partial charge in [-0.25, -0.2) is 0 Å². The van der Waals surface area contributed by atoms with E-state index in [4.69, 9.17) is 9.47 Å². The molecule has 0 aliphatic carbocycles. The van der Waals surface area contributed by atoms with Crippen molar-refractivity contribution in [2.75, 3.05) is 14.2 Å². The van der Waals surface area contributed by atoms with Crippen LogP contribution in [0.4, 0.5) is 0 Å². The first-order valence-electron chi connectivity index (χ1n) is 6.73. The van der Waals surface area contributed by atoms with Gasteiger partial charge in [0.15, 0.2) is 0 Å². The smallest absolute Gasteiger partial charge is 0.251 e. The Morgan fingerprint density at radius 2 is 1.67 bits per heavy atom. The number of rotatable bonds is 5. The molecular formula is C17H19NO3. The summed E-state index contributed by atoms with van der Waals surface area (Å²) < 4.78 is 10.3. The molecule has 1 amide bonds. The number of carbonyl (C=O) groups is 1. The van der Waals surface area contributed by atoms with E-state index >= 15 is 0 Å². The van der Waals surface area contributed by atoms with Crippen LogP contribution in [0, 0.1) is 0 Å². The second-order valence-electron chi connectivity index (χ2n) is 4.70. The lowest BCUT2D eigenvalue weighted by molar-refractivity contribution is 0.0940. The van der Waals surface area contributed by atoms with Crippen LogP contribution in [0.3, 0.4) is 0 Å². The predicted octanol–water partition coefficient (Wildman–Crippen LogP) is 3.19. The number of amides is 1. The minimum Gasteiger partial charge on any atom is -0.497 e. The van der Waals surface area contributed by atoms with Crippen LogP contribution < -0.4 is 14.8 Å². The number of hydrogen-bond acceptors (Lipinski definition) is 3. The minimum atomic E-state index is -0.118. The Kier molecular flexibility index (Phi) is 4.82. The summed E-state index contributed by atoms with van der Waals surface area (Å²) in [6.07, 6.45) is 0. The molecule has 0 bridgehead atoms. The Bertz CT molecular complexity index is 608. The zero-order valence-electron chi connectivity index (χ0n) is 12.4. The fourth-order valence-electron chi connectivity index (χ4n) is 2.02. The van der Waals surface area contributed by atoms with E-state index in [-0.39, 0.29) is 11.9 Å². The van der Waals surface area contributed by atoms with Crippen LogP contribution >= 0.6 is 0 Å². The summed E-state index contributed by atoms with van der Waals surface area (Å²) in [4.78, 5) is 12.2. The van der Waals surface area contributed by atoms with Gasteiger partial charge in [0, 0.05) is 5.56 Å². The lowest BCUT2D eigenvalue weighted by Crippen LogP contribution is -2.26. The van der Waals surface area contributed by atoms with Crippen LogP contribution in [0.5, 0.6) is 11.5 Å². The first-order valence-corrected chi connectivity index (χ1v) is 6.73. The SMILES string of the molecule is COc1ccc(C(=O)N[C@@H](C)c2cccc(OC)c2)cc1. The molecule has 21 heavy (non-hydrogen) atoms. The fourth-order valence-corrected chi connectivity index (χ4v) is 2.02. The lowest BCUT2D eigenvalue weighted by atomic mass is 10.1. The quantitative estimate of drug-likeness (QED) is 0.917. The Morgan fingerprint density at radius 1 is 1.00 bits per heavy atom. The van der Waals surface area contributed by atoms with Gasteiger partial charge in [-0.3, -0.25) is 4.79 Å². The van der Waals surface area contributed by atoms with Crippen LogP contribution in [-0.2, 0) is 0 Å². The summed E-state index contributed by atoms with van der Waals surface area (Å²) in [7, 11) is 3.22. The first-order chi connectivity index (χ1) is 10.1. The van der Waals surface area contributed by atoms with Gasteiger partial charge >= 0.3 is 0 Å². The fraction of sp³-hybridized carbons (Fsp3) is 0.235. The predicted molar refractivity (Wildman–Crippen MR) is 81.9 cm³/mol. The normalized spacial score (nSPS) is 11.6. The molecule has 0 spiro atoms. The molecule has 1 atom stereocenters. The average molecular weight is 285 g/mol. The summed E-state index contributed by atoms with van der Waals surface area (Å²) in [6, 6.07) is 14.6. The van der Waals surface area contributed by atoms with Crippen molar-refractivity contribution in [1.29, 1.82) is 0 Å². The molecule has 1 N–H and O–H groups in total. The molecule has 0 saturated carbocycles. The van der Waals surface area contributed by atoms with Gasteiger partial charge in [-0.05, 0) is 48.9 Å². The van der Waals surface area contributed by atoms with Crippen LogP contribution in [0.1, 0.15) is 28.9 Å². The zero-order valence-corrected chi connectivity index (χ0v) is 12.4. The lowest BCUT2D eigenvalue weighted by Gasteiger charge is -2.15. The van der Waals surface area contributed by atoms with Crippen LogP contribution in [0.2, 0.25) is 0 Å². The highest BCUT2D eigenvalue weighted by Crippen LogP contribution is 2.19. The van der Waals surface area contributed by atoms with Crippen molar-refractivity contribution in [2.24, 2.45) is 0 Å². The molecule has 4 nitrogen and oxygen atoms in total. The van der Waals surface area contributed by atoms with Gasteiger partial charge in [-0.15, -0.1) is 0 Å². The number of hydrogen-bond donors (Lipinski definition) is 1. The average Bonchev–Trinajstić information content (AvgIpc) is 2.54. The van der Waals surface area contributed by atoms with Crippen molar-refractivity contribution in [3.05, 3.63) is 59.7 Å². The number of benzene rings is 2. The highest BCUT2D eigenvalue weighted by molar-refractivity contribution is 5.94. The Balaban J connectivity index is 2.06. The number of carbonyl (C=O) groups excluding carboxylic acids is 1. The molecule has 2 aromatic rings. The third kappa shape index (κ3) is 3.75. The van der Waals surface area contributed by atoms with Crippen LogP contribution in [0.25, 0.3) is 0 Å². The van der Waals surface area contributed by atoms with E-state index in [1.807, 2.05) is 31.2 Å². The van der Waals surface area contributed by atoms with Gasteiger partial charge in [0.1, 0.15) is 11.5 Å². The zero-order chi connectivity index (χ0) is 15.2. The molecule has 0 heterocycles. The number of ether oxygens (including phenoxy) is 2. The standard InChI is InChI=1S/C17H19NO3/c1-12(14-5-4-6-16(11-14)21-3)18-17(19)13-7-9-15(20-2)10-8-13/h4-12H,1-3H3,(H,18,19)/t12-/m0/s1. The van der Waals surface area contributed by atoms with E-state index in [2.05, 4.69) is 5.32 Å². The number of methoxy groups -OCH3 is 2. The topological polar surface area (TPSA) is 47.6 Å². The highest BCUT2D eigenvalue weighted by atomic mass is 16.5. The van der Waals surface area contributed by atoms with Gasteiger partial charge in [0.05, 0.1) is 20.3 Å².